The zero-order valence-corrected chi connectivity index (χ0v) is 7.24. The molecule has 0 aliphatic carbocycles. The van der Waals surface area contributed by atoms with Gasteiger partial charge in [0.25, 0.3) is 0 Å². The molecule has 1 rings (SSSR count). The van der Waals surface area contributed by atoms with Crippen molar-refractivity contribution in [2.45, 2.75) is 6.29 Å². The van der Waals surface area contributed by atoms with Crippen LogP contribution in [0.2, 0.25) is 0 Å². The Kier molecular flexibility index (Phi) is 3.52. The maximum atomic E-state index is 12.1. The number of methoxy groups -OCH3 is 1. The molecule has 0 aliphatic rings. The summed E-state index contributed by atoms with van der Waals surface area (Å²) in [6.07, 6.45) is -0.885. The van der Waals surface area contributed by atoms with Gasteiger partial charge in [0.1, 0.15) is 11.5 Å². The van der Waals surface area contributed by atoms with E-state index in [1.165, 1.54) is 31.4 Å². The monoisotopic (exact) mass is 186 g/mol. The summed E-state index contributed by atoms with van der Waals surface area (Å²) in [5.74, 6) is 0.601. The summed E-state index contributed by atoms with van der Waals surface area (Å²) >= 11 is 0. The first-order valence-corrected chi connectivity index (χ1v) is 3.80. The second-order valence-corrected chi connectivity index (χ2v) is 2.43. The highest BCUT2D eigenvalue weighted by atomic mass is 19.1. The topological polar surface area (TPSA) is 38.7 Å². The van der Waals surface area contributed by atoms with Crippen molar-refractivity contribution in [2.24, 2.45) is 0 Å². The highest BCUT2D eigenvalue weighted by Crippen LogP contribution is 2.17. The number of hydrogen-bond acceptors (Lipinski definition) is 3. The van der Waals surface area contributed by atoms with E-state index in [1.54, 1.807) is 0 Å². The number of benzene rings is 1. The van der Waals surface area contributed by atoms with Gasteiger partial charge in [-0.1, -0.05) is 0 Å². The SMILES string of the molecule is COC(CF)Oc1ccc(O)cc1. The molecule has 0 bridgehead atoms. The van der Waals surface area contributed by atoms with Gasteiger partial charge in [0.15, 0.2) is 6.67 Å². The molecule has 1 aromatic carbocycles. The van der Waals surface area contributed by atoms with Gasteiger partial charge >= 0.3 is 0 Å². The number of phenolic OH excluding ortho intramolecular Hbond substituents is 1. The Labute approximate surface area is 75.7 Å². The zero-order chi connectivity index (χ0) is 9.68. The first-order chi connectivity index (χ1) is 6.26. The molecule has 0 spiro atoms. The zero-order valence-electron chi connectivity index (χ0n) is 7.24. The van der Waals surface area contributed by atoms with Crippen LogP contribution in [0.15, 0.2) is 24.3 Å². The maximum absolute atomic E-state index is 12.1. The minimum absolute atomic E-state index is 0.140. The molecule has 0 saturated heterocycles. The fourth-order valence-electron chi connectivity index (χ4n) is 0.819. The van der Waals surface area contributed by atoms with Gasteiger partial charge in [-0.25, -0.2) is 4.39 Å². The summed E-state index contributed by atoms with van der Waals surface area (Å²) in [5.41, 5.74) is 0. The molecule has 1 atom stereocenters. The molecule has 1 aromatic rings. The molecular formula is C9H11FO3. The minimum atomic E-state index is -0.885. The normalized spacial score (nSPS) is 12.5. The molecule has 0 aromatic heterocycles. The van der Waals surface area contributed by atoms with Crippen molar-refractivity contribution in [1.29, 1.82) is 0 Å². The van der Waals surface area contributed by atoms with Gasteiger partial charge in [-0.3, -0.25) is 0 Å². The molecule has 0 aliphatic heterocycles. The summed E-state index contributed by atoms with van der Waals surface area (Å²) in [6, 6.07) is 5.99. The van der Waals surface area contributed by atoms with E-state index in [-0.39, 0.29) is 5.75 Å². The lowest BCUT2D eigenvalue weighted by Crippen LogP contribution is -2.20. The average Bonchev–Trinajstić information content (AvgIpc) is 2.17. The van der Waals surface area contributed by atoms with E-state index in [0.717, 1.165) is 0 Å². The molecule has 1 unspecified atom stereocenters. The minimum Gasteiger partial charge on any atom is -0.508 e. The largest absolute Gasteiger partial charge is 0.508 e. The van der Waals surface area contributed by atoms with Crippen molar-refractivity contribution >= 4 is 0 Å². The van der Waals surface area contributed by atoms with E-state index < -0.39 is 13.0 Å². The van der Waals surface area contributed by atoms with Gasteiger partial charge in [0, 0.05) is 7.11 Å². The van der Waals surface area contributed by atoms with Crippen molar-refractivity contribution in [3.8, 4) is 11.5 Å². The molecule has 1 N–H and O–H groups in total. The Bertz CT molecular complexity index is 244. The lowest BCUT2D eigenvalue weighted by atomic mass is 10.3. The lowest BCUT2D eigenvalue weighted by Gasteiger charge is -2.13. The van der Waals surface area contributed by atoms with Crippen molar-refractivity contribution < 1.29 is 19.0 Å². The fourth-order valence-corrected chi connectivity index (χ4v) is 0.819. The van der Waals surface area contributed by atoms with Crippen molar-refractivity contribution in [3.63, 3.8) is 0 Å². The number of ether oxygens (including phenoxy) is 2. The van der Waals surface area contributed by atoms with E-state index in [1.807, 2.05) is 0 Å². The van der Waals surface area contributed by atoms with Crippen LogP contribution in [0.3, 0.4) is 0 Å². The average molecular weight is 186 g/mol. The van der Waals surface area contributed by atoms with E-state index >= 15 is 0 Å². The first kappa shape index (κ1) is 9.80. The second kappa shape index (κ2) is 4.67. The van der Waals surface area contributed by atoms with Gasteiger partial charge in [0.2, 0.25) is 6.29 Å². The molecule has 4 heteroatoms. The Morgan fingerprint density at radius 2 is 2.00 bits per heavy atom. The van der Waals surface area contributed by atoms with Gasteiger partial charge in [-0.2, -0.15) is 0 Å². The Hall–Kier alpha value is -1.29. The highest BCUT2D eigenvalue weighted by molar-refractivity contribution is 5.30. The molecule has 72 valence electrons. The van der Waals surface area contributed by atoms with E-state index in [0.29, 0.717) is 5.75 Å². The molecule has 0 amide bonds. The summed E-state index contributed by atoms with van der Waals surface area (Å²) in [6.45, 7) is -0.711. The standard InChI is InChI=1S/C9H11FO3/c1-12-9(6-10)13-8-4-2-7(11)3-5-8/h2-5,9,11H,6H2,1H3. The molecule has 0 heterocycles. The van der Waals surface area contributed by atoms with Gasteiger partial charge < -0.3 is 14.6 Å². The second-order valence-electron chi connectivity index (χ2n) is 2.43. The predicted octanol–water partition coefficient (Wildman–Crippen LogP) is 1.71. The summed E-state index contributed by atoms with van der Waals surface area (Å²) in [7, 11) is 1.37. The number of halogens is 1. The van der Waals surface area contributed by atoms with Crippen LogP contribution in [0.5, 0.6) is 11.5 Å². The third-order valence-electron chi connectivity index (χ3n) is 1.49. The number of rotatable bonds is 4. The van der Waals surface area contributed by atoms with Crippen LogP contribution in [0, 0.1) is 0 Å². The number of phenols is 1. The third kappa shape index (κ3) is 2.91. The fraction of sp³-hybridized carbons (Fsp3) is 0.333. The third-order valence-corrected chi connectivity index (χ3v) is 1.49. The van der Waals surface area contributed by atoms with Crippen LogP contribution in [0.4, 0.5) is 4.39 Å². The smallest absolute Gasteiger partial charge is 0.228 e. The first-order valence-electron chi connectivity index (χ1n) is 3.80. The van der Waals surface area contributed by atoms with Crippen molar-refractivity contribution in [1.82, 2.24) is 0 Å². The molecule has 0 saturated carbocycles. The number of hydrogen-bond donors (Lipinski definition) is 1. The highest BCUT2D eigenvalue weighted by Gasteiger charge is 2.07. The molecule has 3 nitrogen and oxygen atoms in total. The van der Waals surface area contributed by atoms with Gasteiger partial charge in [0.05, 0.1) is 0 Å². The molecule has 13 heavy (non-hydrogen) atoms. The van der Waals surface area contributed by atoms with Gasteiger partial charge in [-0.15, -0.1) is 0 Å². The quantitative estimate of drug-likeness (QED) is 0.727. The van der Waals surface area contributed by atoms with E-state index in [2.05, 4.69) is 4.74 Å². The predicted molar refractivity (Wildman–Crippen MR) is 45.5 cm³/mol. The van der Waals surface area contributed by atoms with Gasteiger partial charge in [-0.05, 0) is 24.3 Å². The molecule has 0 fully saturated rings. The summed E-state index contributed by atoms with van der Waals surface area (Å²) in [4.78, 5) is 0. The van der Waals surface area contributed by atoms with Crippen LogP contribution in [-0.2, 0) is 4.74 Å². The van der Waals surface area contributed by atoms with Crippen LogP contribution < -0.4 is 4.74 Å². The summed E-state index contributed by atoms with van der Waals surface area (Å²) < 4.78 is 21.9. The van der Waals surface area contributed by atoms with E-state index in [4.69, 9.17) is 9.84 Å². The Morgan fingerprint density at radius 1 is 1.38 bits per heavy atom. The molecule has 0 radical (unpaired) electrons. The number of aromatic hydroxyl groups is 1. The number of alkyl halides is 1. The van der Waals surface area contributed by atoms with E-state index in [9.17, 15) is 4.39 Å². The Morgan fingerprint density at radius 3 is 2.46 bits per heavy atom. The lowest BCUT2D eigenvalue weighted by molar-refractivity contribution is -0.0665. The van der Waals surface area contributed by atoms with Crippen LogP contribution in [0.1, 0.15) is 0 Å². The Balaban J connectivity index is 2.58. The molecular weight excluding hydrogens is 175 g/mol. The maximum Gasteiger partial charge on any atom is 0.228 e. The van der Waals surface area contributed by atoms with Crippen molar-refractivity contribution in [2.75, 3.05) is 13.8 Å². The van der Waals surface area contributed by atoms with Crippen LogP contribution in [-0.4, -0.2) is 25.2 Å². The van der Waals surface area contributed by atoms with Crippen LogP contribution in [0.25, 0.3) is 0 Å². The van der Waals surface area contributed by atoms with Crippen molar-refractivity contribution in [3.05, 3.63) is 24.3 Å². The van der Waals surface area contributed by atoms with Crippen LogP contribution >= 0.6 is 0 Å². The summed E-state index contributed by atoms with van der Waals surface area (Å²) in [5, 5.41) is 8.94.